The van der Waals surface area contributed by atoms with E-state index in [0.717, 1.165) is 19.7 Å². The van der Waals surface area contributed by atoms with Gasteiger partial charge in [-0.15, -0.1) is 0 Å². The maximum atomic E-state index is 13.6. The molecule has 0 spiro atoms. The van der Waals surface area contributed by atoms with Crippen LogP contribution < -0.4 is 5.73 Å². The summed E-state index contributed by atoms with van der Waals surface area (Å²) < 4.78 is 19.5. The molecule has 2 fully saturated rings. The smallest absolute Gasteiger partial charge is 0.126 e. The molecule has 0 amide bonds. The van der Waals surface area contributed by atoms with Crippen LogP contribution >= 0.6 is 0 Å². The predicted molar refractivity (Wildman–Crippen MR) is 72.4 cm³/mol. The van der Waals surface area contributed by atoms with E-state index in [4.69, 9.17) is 10.5 Å². The maximum Gasteiger partial charge on any atom is 0.126 e. The lowest BCUT2D eigenvalue weighted by molar-refractivity contribution is -0.0590. The van der Waals surface area contributed by atoms with Crippen molar-refractivity contribution < 1.29 is 9.13 Å². The number of hydrogen-bond donors (Lipinski definition) is 1. The number of morpholine rings is 1. The van der Waals surface area contributed by atoms with Crippen LogP contribution in [0.2, 0.25) is 0 Å². The normalized spacial score (nSPS) is 29.2. The first-order valence-electron chi connectivity index (χ1n) is 7.08. The van der Waals surface area contributed by atoms with Crippen LogP contribution in [0.5, 0.6) is 0 Å². The van der Waals surface area contributed by atoms with Gasteiger partial charge in [0.25, 0.3) is 0 Å². The maximum absolute atomic E-state index is 13.6. The van der Waals surface area contributed by atoms with Gasteiger partial charge in [0, 0.05) is 18.6 Å². The van der Waals surface area contributed by atoms with Crippen LogP contribution in [0.1, 0.15) is 18.4 Å². The van der Waals surface area contributed by atoms with Gasteiger partial charge in [0.2, 0.25) is 0 Å². The average molecular weight is 264 g/mol. The van der Waals surface area contributed by atoms with Crippen LogP contribution in [0.4, 0.5) is 4.39 Å². The van der Waals surface area contributed by atoms with E-state index in [0.29, 0.717) is 18.0 Å². The third-order valence-electron chi connectivity index (χ3n) is 4.31. The van der Waals surface area contributed by atoms with Crippen LogP contribution in [0, 0.1) is 5.82 Å². The van der Waals surface area contributed by atoms with Gasteiger partial charge in [0.05, 0.1) is 12.7 Å². The molecule has 0 bridgehead atoms. The quantitative estimate of drug-likeness (QED) is 0.900. The van der Waals surface area contributed by atoms with Gasteiger partial charge in [0.1, 0.15) is 5.82 Å². The van der Waals surface area contributed by atoms with Crippen LogP contribution in [0.25, 0.3) is 0 Å². The number of rotatable bonds is 3. The van der Waals surface area contributed by atoms with Gasteiger partial charge >= 0.3 is 0 Å². The monoisotopic (exact) mass is 264 g/mol. The average Bonchev–Trinajstić information content (AvgIpc) is 2.88. The molecule has 1 aromatic rings. The Hall–Kier alpha value is -0.970. The van der Waals surface area contributed by atoms with E-state index in [1.54, 1.807) is 12.1 Å². The second kappa shape index (κ2) is 5.57. The number of ether oxygens (including phenoxy) is 1. The minimum atomic E-state index is -0.173. The van der Waals surface area contributed by atoms with Gasteiger partial charge in [0.15, 0.2) is 0 Å². The Balaban J connectivity index is 1.61. The number of halogens is 1. The van der Waals surface area contributed by atoms with Crippen molar-refractivity contribution in [3.63, 3.8) is 0 Å². The first kappa shape index (κ1) is 13.0. The fraction of sp³-hybridized carbons (Fsp3) is 0.600. The summed E-state index contributed by atoms with van der Waals surface area (Å²) in [6.07, 6.45) is 3.04. The van der Waals surface area contributed by atoms with Gasteiger partial charge in [-0.1, -0.05) is 18.2 Å². The van der Waals surface area contributed by atoms with Gasteiger partial charge in [-0.05, 0) is 37.4 Å². The lowest BCUT2D eigenvalue weighted by Gasteiger charge is -2.37. The molecule has 0 aromatic heterocycles. The Kier molecular flexibility index (Phi) is 3.82. The molecular formula is C15H21FN2O. The molecule has 3 unspecified atom stereocenters. The minimum Gasteiger partial charge on any atom is -0.374 e. The molecule has 3 nitrogen and oxygen atoms in total. The molecular weight excluding hydrogens is 243 g/mol. The zero-order valence-corrected chi connectivity index (χ0v) is 11.1. The molecule has 3 rings (SSSR count). The zero-order chi connectivity index (χ0) is 13.2. The molecule has 104 valence electrons. The van der Waals surface area contributed by atoms with Crippen molar-refractivity contribution in [1.82, 2.24) is 4.90 Å². The molecule has 0 radical (unpaired) electrons. The molecule has 0 aliphatic carbocycles. The van der Waals surface area contributed by atoms with Crippen molar-refractivity contribution in [3.8, 4) is 0 Å². The second-order valence-electron chi connectivity index (χ2n) is 5.62. The Labute approximate surface area is 113 Å². The van der Waals surface area contributed by atoms with Crippen LogP contribution in [0.15, 0.2) is 24.3 Å². The number of nitrogens with zero attached hydrogens (tertiary/aromatic N) is 1. The molecule has 2 aliphatic rings. The number of benzene rings is 1. The first-order valence-corrected chi connectivity index (χ1v) is 7.08. The Morgan fingerprint density at radius 3 is 3.11 bits per heavy atom. The molecule has 4 heteroatoms. The third kappa shape index (κ3) is 2.81. The van der Waals surface area contributed by atoms with Crippen molar-refractivity contribution in [2.45, 2.75) is 37.5 Å². The van der Waals surface area contributed by atoms with Crippen molar-refractivity contribution in [2.24, 2.45) is 5.73 Å². The highest BCUT2D eigenvalue weighted by atomic mass is 19.1. The summed E-state index contributed by atoms with van der Waals surface area (Å²) in [4.78, 5) is 2.47. The molecule has 1 aromatic carbocycles. The summed E-state index contributed by atoms with van der Waals surface area (Å²) in [6.45, 7) is 2.81. The fourth-order valence-electron chi connectivity index (χ4n) is 3.15. The number of hydrogen-bond acceptors (Lipinski definition) is 3. The largest absolute Gasteiger partial charge is 0.374 e. The van der Waals surface area contributed by atoms with Crippen molar-refractivity contribution in [1.29, 1.82) is 0 Å². The van der Waals surface area contributed by atoms with Crippen LogP contribution in [0.3, 0.4) is 0 Å². The Bertz CT molecular complexity index is 440. The molecule has 2 saturated heterocycles. The van der Waals surface area contributed by atoms with Crippen LogP contribution in [-0.2, 0) is 11.2 Å². The minimum absolute atomic E-state index is 0.0222. The second-order valence-corrected chi connectivity index (χ2v) is 5.62. The fourth-order valence-corrected chi connectivity index (χ4v) is 3.15. The van der Waals surface area contributed by atoms with Gasteiger partial charge in [-0.25, -0.2) is 4.39 Å². The molecule has 2 aliphatic heterocycles. The SMILES string of the molecule is NC(Cc1ccccc1F)C1CN2CCCC2CO1. The highest BCUT2D eigenvalue weighted by Crippen LogP contribution is 2.24. The molecule has 0 saturated carbocycles. The van der Waals surface area contributed by atoms with Crippen molar-refractivity contribution in [2.75, 3.05) is 19.7 Å². The summed E-state index contributed by atoms with van der Waals surface area (Å²) in [5, 5.41) is 0. The van der Waals surface area contributed by atoms with Crippen molar-refractivity contribution >= 4 is 0 Å². The van der Waals surface area contributed by atoms with E-state index in [-0.39, 0.29) is 18.0 Å². The predicted octanol–water partition coefficient (Wildman–Crippen LogP) is 1.56. The highest BCUT2D eigenvalue weighted by molar-refractivity contribution is 5.18. The van der Waals surface area contributed by atoms with E-state index in [2.05, 4.69) is 4.90 Å². The lowest BCUT2D eigenvalue weighted by atomic mass is 10.00. The number of fused-ring (bicyclic) bond motifs is 1. The lowest BCUT2D eigenvalue weighted by Crippen LogP contribution is -2.53. The van der Waals surface area contributed by atoms with E-state index in [9.17, 15) is 4.39 Å². The summed E-state index contributed by atoms with van der Waals surface area (Å²) in [5.74, 6) is -0.173. The van der Waals surface area contributed by atoms with Gasteiger partial charge < -0.3 is 10.5 Å². The van der Waals surface area contributed by atoms with E-state index in [1.165, 1.54) is 18.9 Å². The summed E-state index contributed by atoms with van der Waals surface area (Å²) in [6, 6.07) is 7.28. The Morgan fingerprint density at radius 2 is 2.26 bits per heavy atom. The molecule has 2 N–H and O–H groups in total. The van der Waals surface area contributed by atoms with Crippen LogP contribution in [-0.4, -0.2) is 42.8 Å². The summed E-state index contributed by atoms with van der Waals surface area (Å²) >= 11 is 0. The first-order chi connectivity index (χ1) is 9.24. The highest BCUT2D eigenvalue weighted by Gasteiger charge is 2.34. The zero-order valence-electron chi connectivity index (χ0n) is 11.1. The third-order valence-corrected chi connectivity index (χ3v) is 4.31. The van der Waals surface area contributed by atoms with E-state index >= 15 is 0 Å². The topological polar surface area (TPSA) is 38.5 Å². The standard InChI is InChI=1S/C15H21FN2O/c16-13-6-2-1-4-11(13)8-14(17)15-9-18-7-3-5-12(18)10-19-15/h1-2,4,6,12,14-15H,3,5,7-10,17H2. The molecule has 2 heterocycles. The summed E-state index contributed by atoms with van der Waals surface area (Å²) in [7, 11) is 0. The number of nitrogens with two attached hydrogens (primary N) is 1. The van der Waals surface area contributed by atoms with Gasteiger partial charge in [-0.3, -0.25) is 4.90 Å². The molecule has 19 heavy (non-hydrogen) atoms. The summed E-state index contributed by atoms with van der Waals surface area (Å²) in [5.41, 5.74) is 6.90. The van der Waals surface area contributed by atoms with Crippen molar-refractivity contribution in [3.05, 3.63) is 35.6 Å². The Morgan fingerprint density at radius 1 is 1.42 bits per heavy atom. The molecule has 3 atom stereocenters. The van der Waals surface area contributed by atoms with E-state index in [1.807, 2.05) is 6.07 Å². The van der Waals surface area contributed by atoms with E-state index < -0.39 is 0 Å². The van der Waals surface area contributed by atoms with Gasteiger partial charge in [-0.2, -0.15) is 0 Å².